The molecule has 104 valence electrons. The van der Waals surface area contributed by atoms with Crippen molar-refractivity contribution in [2.24, 2.45) is 16.7 Å². The fraction of sp³-hybridized carbons (Fsp3) is 0.714. The lowest BCUT2D eigenvalue weighted by Crippen LogP contribution is -2.73. The van der Waals surface area contributed by atoms with E-state index in [9.17, 15) is 15.8 Å². The first-order chi connectivity index (χ1) is 9.38. The average molecular weight is 272 g/mol. The maximum absolute atomic E-state index is 9.68. The van der Waals surface area contributed by atoms with E-state index in [0.717, 1.165) is 6.42 Å². The highest BCUT2D eigenvalue weighted by Crippen LogP contribution is 2.62. The zero-order chi connectivity index (χ0) is 15.2. The lowest BCUT2D eigenvalue weighted by atomic mass is 9.51. The van der Waals surface area contributed by atoms with E-state index in [0.29, 0.717) is 6.42 Å². The highest BCUT2D eigenvalue weighted by molar-refractivity contribution is 5.88. The smallest absolute Gasteiger partial charge is 0.214 e. The third-order valence-electron chi connectivity index (χ3n) is 4.66. The first-order valence-electron chi connectivity index (χ1n) is 6.58. The molecular weight excluding hydrogens is 256 g/mol. The van der Waals surface area contributed by atoms with E-state index in [4.69, 9.17) is 14.9 Å². The quantitative estimate of drug-likeness (QED) is 0.826. The van der Waals surface area contributed by atoms with Crippen LogP contribution in [0.4, 0.5) is 0 Å². The Balaban J connectivity index is 2.76. The number of nitrogens with zero attached hydrogens (tertiary/aromatic N) is 3. The highest BCUT2D eigenvalue weighted by atomic mass is 16.7. The summed E-state index contributed by atoms with van der Waals surface area (Å²) in [5.74, 6) is -2.18. The van der Waals surface area contributed by atoms with Crippen molar-refractivity contribution in [3.05, 3.63) is 0 Å². The Bertz CT molecular complexity index is 567. The molecule has 3 aliphatic rings. The van der Waals surface area contributed by atoms with Crippen LogP contribution in [0.3, 0.4) is 0 Å². The Morgan fingerprint density at radius 3 is 2.30 bits per heavy atom. The lowest BCUT2D eigenvalue weighted by Gasteiger charge is -2.60. The molecule has 0 unspecified atom stereocenters. The third-order valence-corrected chi connectivity index (χ3v) is 4.66. The van der Waals surface area contributed by atoms with Crippen LogP contribution in [0.5, 0.6) is 0 Å². The van der Waals surface area contributed by atoms with E-state index in [1.165, 1.54) is 0 Å². The molecular formula is C14H16N4O2. The summed E-state index contributed by atoms with van der Waals surface area (Å²) in [6, 6.07) is 6.01. The van der Waals surface area contributed by atoms with Crippen molar-refractivity contribution in [1.82, 2.24) is 0 Å². The van der Waals surface area contributed by atoms with Crippen molar-refractivity contribution in [3.63, 3.8) is 0 Å². The number of rotatable bonds is 2. The van der Waals surface area contributed by atoms with Gasteiger partial charge < -0.3 is 9.47 Å². The molecule has 0 aromatic heterocycles. The number of hydrogen-bond donors (Lipinski definition) is 1. The number of fused-ring (bicyclic) bond motifs is 3. The molecule has 3 rings (SSSR count). The number of nitriles is 3. The van der Waals surface area contributed by atoms with Crippen LogP contribution >= 0.6 is 0 Å². The van der Waals surface area contributed by atoms with Crippen LogP contribution in [0.2, 0.25) is 0 Å². The summed E-state index contributed by atoms with van der Waals surface area (Å²) >= 11 is 0. The maximum Gasteiger partial charge on any atom is 0.214 e. The number of ether oxygens (including phenoxy) is 2. The van der Waals surface area contributed by atoms with Gasteiger partial charge in [0.25, 0.3) is 0 Å². The first-order valence-corrected chi connectivity index (χ1v) is 6.58. The molecule has 0 amide bonds. The van der Waals surface area contributed by atoms with Crippen LogP contribution in [0.1, 0.15) is 33.6 Å². The van der Waals surface area contributed by atoms with Gasteiger partial charge >= 0.3 is 0 Å². The van der Waals surface area contributed by atoms with Crippen LogP contribution in [0.15, 0.2) is 0 Å². The minimum Gasteiger partial charge on any atom is -0.448 e. The highest BCUT2D eigenvalue weighted by Gasteiger charge is 2.77. The lowest BCUT2D eigenvalue weighted by molar-refractivity contribution is -0.336. The second-order valence-corrected chi connectivity index (χ2v) is 5.52. The van der Waals surface area contributed by atoms with Crippen LogP contribution in [-0.2, 0) is 9.47 Å². The molecule has 3 heterocycles. The van der Waals surface area contributed by atoms with Gasteiger partial charge in [-0.3, -0.25) is 5.41 Å². The molecule has 0 spiro atoms. The average Bonchev–Trinajstić information content (AvgIpc) is 2.42. The normalized spacial score (nSPS) is 41.1. The maximum atomic E-state index is 9.68. The van der Waals surface area contributed by atoms with Gasteiger partial charge in [0.05, 0.1) is 30.2 Å². The van der Waals surface area contributed by atoms with Crippen molar-refractivity contribution in [3.8, 4) is 18.2 Å². The summed E-state index contributed by atoms with van der Waals surface area (Å²) < 4.78 is 11.3. The fourth-order valence-corrected chi connectivity index (χ4v) is 3.33. The zero-order valence-corrected chi connectivity index (χ0v) is 11.7. The Morgan fingerprint density at radius 1 is 1.25 bits per heavy atom. The molecule has 2 bridgehead atoms. The standard InChI is InChI=1S/C14H16N4O2/c1-4-5-10-14(8-17)11(18)20-12(3,19-10)9(2)13(14,6-15)7-16/h9-10,18H,4-5H2,1-3H3/t9-,10+,12+,14+/m0/s1. The molecule has 20 heavy (non-hydrogen) atoms. The predicted octanol–water partition coefficient (Wildman–Crippen LogP) is 2.09. The molecule has 1 N–H and O–H groups in total. The van der Waals surface area contributed by atoms with E-state index in [1.807, 2.05) is 25.1 Å². The molecule has 6 heteroatoms. The number of hydrogen-bond acceptors (Lipinski definition) is 6. The van der Waals surface area contributed by atoms with E-state index < -0.39 is 28.6 Å². The Morgan fingerprint density at radius 2 is 1.85 bits per heavy atom. The molecule has 0 radical (unpaired) electrons. The van der Waals surface area contributed by atoms with Gasteiger partial charge in [0, 0.05) is 6.92 Å². The Kier molecular flexibility index (Phi) is 3.00. The largest absolute Gasteiger partial charge is 0.448 e. The van der Waals surface area contributed by atoms with Crippen molar-refractivity contribution in [2.75, 3.05) is 0 Å². The van der Waals surface area contributed by atoms with E-state index in [1.54, 1.807) is 13.8 Å². The third kappa shape index (κ3) is 1.26. The summed E-state index contributed by atoms with van der Waals surface area (Å²) in [7, 11) is 0. The molecule has 3 saturated heterocycles. The topological polar surface area (TPSA) is 114 Å². The minimum absolute atomic E-state index is 0.326. The molecule has 3 aliphatic heterocycles. The van der Waals surface area contributed by atoms with Crippen LogP contribution in [-0.4, -0.2) is 17.8 Å². The van der Waals surface area contributed by atoms with E-state index in [2.05, 4.69) is 0 Å². The second kappa shape index (κ2) is 4.20. The molecule has 0 aromatic rings. The Labute approximate surface area is 118 Å². The monoisotopic (exact) mass is 272 g/mol. The van der Waals surface area contributed by atoms with Crippen LogP contribution in [0, 0.1) is 56.2 Å². The molecule has 4 atom stereocenters. The van der Waals surface area contributed by atoms with E-state index >= 15 is 0 Å². The van der Waals surface area contributed by atoms with Crippen molar-refractivity contribution in [1.29, 1.82) is 21.2 Å². The van der Waals surface area contributed by atoms with Crippen molar-refractivity contribution < 1.29 is 9.47 Å². The molecule has 0 saturated carbocycles. The summed E-state index contributed by atoms with van der Waals surface area (Å²) in [6.07, 6.45) is 0.533. The van der Waals surface area contributed by atoms with Crippen molar-refractivity contribution in [2.45, 2.75) is 45.5 Å². The second-order valence-electron chi connectivity index (χ2n) is 5.52. The summed E-state index contributed by atoms with van der Waals surface area (Å²) in [4.78, 5) is 0. The van der Waals surface area contributed by atoms with Gasteiger partial charge in [-0.05, 0) is 6.42 Å². The summed E-state index contributed by atoms with van der Waals surface area (Å²) in [5, 5.41) is 37.0. The number of nitrogens with one attached hydrogen (secondary N) is 1. The van der Waals surface area contributed by atoms with E-state index in [-0.39, 0.29) is 5.90 Å². The Hall–Kier alpha value is -2.10. The SMILES string of the molecule is CCC[C@H]1O[C@]2(C)OC(=N)[C@]1(C#N)C(C#N)(C#N)[C@H]2C. The summed E-state index contributed by atoms with van der Waals surface area (Å²) in [6.45, 7) is 5.21. The van der Waals surface area contributed by atoms with Gasteiger partial charge in [-0.2, -0.15) is 15.8 Å². The van der Waals surface area contributed by atoms with Gasteiger partial charge in [0.15, 0.2) is 10.8 Å². The molecule has 6 nitrogen and oxygen atoms in total. The first kappa shape index (κ1) is 14.3. The molecule has 0 aromatic carbocycles. The molecule has 3 fully saturated rings. The zero-order valence-electron chi connectivity index (χ0n) is 11.7. The summed E-state index contributed by atoms with van der Waals surface area (Å²) in [5.41, 5.74) is -3.30. The van der Waals surface area contributed by atoms with Crippen LogP contribution in [0.25, 0.3) is 0 Å². The van der Waals surface area contributed by atoms with Crippen molar-refractivity contribution >= 4 is 5.90 Å². The molecule has 0 aliphatic carbocycles. The van der Waals surface area contributed by atoms with Gasteiger partial charge in [-0.15, -0.1) is 0 Å². The fourth-order valence-electron chi connectivity index (χ4n) is 3.33. The van der Waals surface area contributed by atoms with Gasteiger partial charge in [-0.1, -0.05) is 20.3 Å². The van der Waals surface area contributed by atoms with Gasteiger partial charge in [0.2, 0.25) is 11.7 Å². The predicted molar refractivity (Wildman–Crippen MR) is 67.9 cm³/mol. The van der Waals surface area contributed by atoms with Gasteiger partial charge in [-0.25, -0.2) is 0 Å². The van der Waals surface area contributed by atoms with Gasteiger partial charge in [0.1, 0.15) is 0 Å². The minimum atomic E-state index is -1.66. The van der Waals surface area contributed by atoms with Crippen LogP contribution < -0.4 is 0 Å².